The Morgan fingerprint density at radius 1 is 1.11 bits per heavy atom. The van der Waals surface area contributed by atoms with E-state index in [-0.39, 0.29) is 34.4 Å². The first-order valence-electron chi connectivity index (χ1n) is 8.58. The lowest BCUT2D eigenvalue weighted by atomic mass is 10.1. The molecule has 8 heteroatoms. The summed E-state index contributed by atoms with van der Waals surface area (Å²) in [7, 11) is -3.51. The number of nitrogens with one attached hydrogen (secondary N) is 1. The first-order valence-corrected chi connectivity index (χ1v) is 10.4. The normalized spacial score (nSPS) is 11.6. The zero-order valence-corrected chi connectivity index (χ0v) is 16.8. The van der Waals surface area contributed by atoms with Crippen LogP contribution in [0.15, 0.2) is 47.4 Å². The van der Waals surface area contributed by atoms with Crippen molar-refractivity contribution in [2.45, 2.75) is 31.7 Å². The second kappa shape index (κ2) is 9.30. The quantitative estimate of drug-likeness (QED) is 0.722. The molecule has 146 valence electrons. The molecule has 0 bridgehead atoms. The maximum atomic E-state index is 13.7. The van der Waals surface area contributed by atoms with Crippen molar-refractivity contribution in [1.82, 2.24) is 9.62 Å². The number of hydrogen-bond donors (Lipinski definition) is 1. The largest absolute Gasteiger partial charge is 0.352 e. The van der Waals surface area contributed by atoms with E-state index in [0.29, 0.717) is 13.1 Å². The third kappa shape index (κ3) is 5.28. The Labute approximate surface area is 164 Å². The number of amides is 1. The molecular formula is C19H22ClFN2O3S. The fourth-order valence-electron chi connectivity index (χ4n) is 2.62. The highest BCUT2D eigenvalue weighted by Crippen LogP contribution is 2.19. The Kier molecular flexibility index (Phi) is 7.35. The van der Waals surface area contributed by atoms with E-state index in [4.69, 9.17) is 11.6 Å². The van der Waals surface area contributed by atoms with Crippen molar-refractivity contribution in [3.05, 3.63) is 64.4 Å². The lowest BCUT2D eigenvalue weighted by molar-refractivity contribution is -0.120. The average molecular weight is 413 g/mol. The van der Waals surface area contributed by atoms with Gasteiger partial charge in [-0.15, -0.1) is 0 Å². The van der Waals surface area contributed by atoms with Crippen LogP contribution in [-0.2, 0) is 27.8 Å². The number of carbonyl (C=O) groups excluding carboxylic acids is 1. The van der Waals surface area contributed by atoms with Gasteiger partial charge in [-0.3, -0.25) is 4.79 Å². The SMILES string of the molecule is CCN(CC)S(=O)(=O)c1ccc(CNC(=O)Cc2c(F)cccc2Cl)cc1. The number of halogens is 2. The number of benzene rings is 2. The Morgan fingerprint density at radius 3 is 2.30 bits per heavy atom. The highest BCUT2D eigenvalue weighted by Gasteiger charge is 2.21. The highest BCUT2D eigenvalue weighted by molar-refractivity contribution is 7.89. The molecule has 2 aromatic rings. The Balaban J connectivity index is 2.00. The minimum absolute atomic E-state index is 0.150. The number of sulfonamides is 1. The van der Waals surface area contributed by atoms with Crippen molar-refractivity contribution in [1.29, 1.82) is 0 Å². The summed E-state index contributed by atoms with van der Waals surface area (Å²) in [6, 6.07) is 10.6. The van der Waals surface area contributed by atoms with Crippen LogP contribution in [0.3, 0.4) is 0 Å². The number of carbonyl (C=O) groups is 1. The molecule has 0 heterocycles. The summed E-state index contributed by atoms with van der Waals surface area (Å²) in [6.45, 7) is 4.57. The van der Waals surface area contributed by atoms with Gasteiger partial charge in [0.1, 0.15) is 5.82 Å². The topological polar surface area (TPSA) is 66.5 Å². The third-order valence-electron chi connectivity index (χ3n) is 4.16. The van der Waals surface area contributed by atoms with Gasteiger partial charge in [-0.05, 0) is 29.8 Å². The molecule has 27 heavy (non-hydrogen) atoms. The van der Waals surface area contributed by atoms with Crippen LogP contribution >= 0.6 is 11.6 Å². The Hall–Kier alpha value is -1.96. The van der Waals surface area contributed by atoms with Gasteiger partial charge >= 0.3 is 0 Å². The molecule has 5 nitrogen and oxygen atoms in total. The van der Waals surface area contributed by atoms with Crippen LogP contribution in [0.1, 0.15) is 25.0 Å². The highest BCUT2D eigenvalue weighted by atomic mass is 35.5. The standard InChI is InChI=1S/C19H22ClFN2O3S/c1-3-23(4-2)27(25,26)15-10-8-14(9-11-15)13-22-19(24)12-16-17(20)6-5-7-18(16)21/h5-11H,3-4,12-13H2,1-2H3,(H,22,24). The van der Waals surface area contributed by atoms with Gasteiger partial charge in [0.15, 0.2) is 0 Å². The molecule has 0 aromatic heterocycles. The van der Waals surface area contributed by atoms with Crippen molar-refractivity contribution in [3.8, 4) is 0 Å². The van der Waals surface area contributed by atoms with E-state index in [9.17, 15) is 17.6 Å². The Morgan fingerprint density at radius 2 is 1.74 bits per heavy atom. The summed E-state index contributed by atoms with van der Waals surface area (Å²) in [4.78, 5) is 12.3. The van der Waals surface area contributed by atoms with E-state index in [0.717, 1.165) is 5.56 Å². The van der Waals surface area contributed by atoms with Gasteiger partial charge in [0.25, 0.3) is 0 Å². The van der Waals surface area contributed by atoms with E-state index in [2.05, 4.69) is 5.32 Å². The maximum Gasteiger partial charge on any atom is 0.243 e. The van der Waals surface area contributed by atoms with Crippen LogP contribution in [0.5, 0.6) is 0 Å². The van der Waals surface area contributed by atoms with Gasteiger partial charge < -0.3 is 5.32 Å². The monoisotopic (exact) mass is 412 g/mol. The second-order valence-electron chi connectivity index (χ2n) is 5.89. The molecule has 0 spiro atoms. The molecule has 1 amide bonds. The summed E-state index contributed by atoms with van der Waals surface area (Å²) in [6.07, 6.45) is -0.167. The number of hydrogen-bond acceptors (Lipinski definition) is 3. The molecule has 0 radical (unpaired) electrons. The number of nitrogens with zero attached hydrogens (tertiary/aromatic N) is 1. The predicted octanol–water partition coefficient (Wildman–Crippen LogP) is 3.37. The maximum absolute atomic E-state index is 13.7. The van der Waals surface area contributed by atoms with E-state index in [1.54, 1.807) is 26.0 Å². The van der Waals surface area contributed by atoms with Crippen molar-refractivity contribution in [3.63, 3.8) is 0 Å². The molecule has 2 aromatic carbocycles. The summed E-state index contributed by atoms with van der Waals surface area (Å²) >= 11 is 5.92. The van der Waals surface area contributed by atoms with Gasteiger partial charge in [-0.25, -0.2) is 12.8 Å². The number of rotatable bonds is 8. The van der Waals surface area contributed by atoms with Crippen molar-refractivity contribution >= 4 is 27.5 Å². The second-order valence-corrected chi connectivity index (χ2v) is 8.23. The first-order chi connectivity index (χ1) is 12.8. The van der Waals surface area contributed by atoms with E-state index in [1.807, 2.05) is 0 Å². The van der Waals surface area contributed by atoms with Crippen LogP contribution in [0.25, 0.3) is 0 Å². The molecule has 0 fully saturated rings. The van der Waals surface area contributed by atoms with Crippen molar-refractivity contribution in [2.24, 2.45) is 0 Å². The van der Waals surface area contributed by atoms with E-state index >= 15 is 0 Å². The van der Waals surface area contributed by atoms with Gasteiger partial charge in [0, 0.05) is 30.2 Å². The molecule has 1 N–H and O–H groups in total. The molecule has 2 rings (SSSR count). The van der Waals surface area contributed by atoms with Crippen molar-refractivity contribution < 1.29 is 17.6 Å². The zero-order valence-electron chi connectivity index (χ0n) is 15.2. The Bertz CT molecular complexity index is 877. The minimum atomic E-state index is -3.51. The molecule has 0 aliphatic rings. The summed E-state index contributed by atoms with van der Waals surface area (Å²) in [5.74, 6) is -0.898. The molecular weight excluding hydrogens is 391 g/mol. The predicted molar refractivity (Wildman–Crippen MR) is 104 cm³/mol. The summed E-state index contributed by atoms with van der Waals surface area (Å²) in [5, 5.41) is 2.89. The van der Waals surface area contributed by atoms with Gasteiger partial charge in [-0.2, -0.15) is 4.31 Å². The van der Waals surface area contributed by atoms with Gasteiger partial charge in [0.05, 0.1) is 11.3 Å². The minimum Gasteiger partial charge on any atom is -0.352 e. The average Bonchev–Trinajstić information content (AvgIpc) is 2.64. The smallest absolute Gasteiger partial charge is 0.243 e. The fourth-order valence-corrected chi connectivity index (χ4v) is 4.30. The molecule has 0 saturated carbocycles. The van der Waals surface area contributed by atoms with Gasteiger partial charge in [-0.1, -0.05) is 43.6 Å². The molecule has 0 unspecified atom stereocenters. The van der Waals surface area contributed by atoms with Crippen LogP contribution in [0, 0.1) is 5.82 Å². The lowest BCUT2D eigenvalue weighted by Crippen LogP contribution is -2.30. The van der Waals surface area contributed by atoms with Crippen LogP contribution in [0.2, 0.25) is 5.02 Å². The fraction of sp³-hybridized carbons (Fsp3) is 0.316. The van der Waals surface area contributed by atoms with Gasteiger partial charge in [0.2, 0.25) is 15.9 Å². The van der Waals surface area contributed by atoms with Crippen LogP contribution in [-0.4, -0.2) is 31.7 Å². The third-order valence-corrected chi connectivity index (χ3v) is 6.57. The molecule has 0 atom stereocenters. The summed E-state index contributed by atoms with van der Waals surface area (Å²) < 4.78 is 40.0. The molecule has 0 saturated heterocycles. The van der Waals surface area contributed by atoms with Crippen LogP contribution < -0.4 is 5.32 Å². The van der Waals surface area contributed by atoms with E-state index in [1.165, 1.54) is 34.6 Å². The molecule has 0 aliphatic heterocycles. The van der Waals surface area contributed by atoms with Crippen molar-refractivity contribution in [2.75, 3.05) is 13.1 Å². The molecule has 0 aliphatic carbocycles. The van der Waals surface area contributed by atoms with Crippen LogP contribution in [0.4, 0.5) is 4.39 Å². The zero-order chi connectivity index (χ0) is 20.0. The first kappa shape index (κ1) is 21.3. The summed E-state index contributed by atoms with van der Waals surface area (Å²) in [5.41, 5.74) is 0.888. The van der Waals surface area contributed by atoms with E-state index < -0.39 is 15.8 Å². The lowest BCUT2D eigenvalue weighted by Gasteiger charge is -2.18.